The van der Waals surface area contributed by atoms with Crippen molar-refractivity contribution in [3.05, 3.63) is 0 Å². The lowest BCUT2D eigenvalue weighted by Gasteiger charge is -2.34. The maximum Gasteiger partial charge on any atom is 0.320 e. The van der Waals surface area contributed by atoms with E-state index in [4.69, 9.17) is 10.8 Å². The molecule has 1 heterocycles. The Morgan fingerprint density at radius 2 is 1.40 bits per heavy atom. The minimum absolute atomic E-state index is 0.215. The van der Waals surface area contributed by atoms with Crippen molar-refractivity contribution in [1.82, 2.24) is 9.80 Å². The van der Waals surface area contributed by atoms with Crippen molar-refractivity contribution < 1.29 is 14.7 Å². The fraction of sp³-hybridized carbons (Fsp3) is 0.857. The standard InChI is InChI=1S/C11H22N2O.C3H7NO2/c1-9(2)13(10(3)4)11(14)12-7-5-6-8-12;1-2(4)3(5)6/h9-10H,5-8H2,1-4H3;2H,4H2,1H3,(H,5,6)/t;2-/m.0/s1. The molecule has 0 unspecified atom stereocenters. The molecule has 0 aromatic carbocycles. The van der Waals surface area contributed by atoms with E-state index >= 15 is 0 Å². The summed E-state index contributed by atoms with van der Waals surface area (Å²) in [4.78, 5) is 25.6. The number of nitrogens with two attached hydrogens (primary N) is 1. The zero-order chi connectivity index (χ0) is 15.9. The van der Waals surface area contributed by atoms with E-state index in [-0.39, 0.29) is 6.03 Å². The van der Waals surface area contributed by atoms with Crippen molar-refractivity contribution in [1.29, 1.82) is 0 Å². The van der Waals surface area contributed by atoms with Crippen LogP contribution in [0.4, 0.5) is 4.79 Å². The first kappa shape index (κ1) is 18.7. The van der Waals surface area contributed by atoms with Crippen LogP contribution >= 0.6 is 0 Å². The smallest absolute Gasteiger partial charge is 0.320 e. The van der Waals surface area contributed by atoms with E-state index in [1.54, 1.807) is 0 Å². The second kappa shape index (κ2) is 8.79. The van der Waals surface area contributed by atoms with Gasteiger partial charge in [0, 0.05) is 25.2 Å². The number of aliphatic carboxylic acids is 1. The summed E-state index contributed by atoms with van der Waals surface area (Å²) in [5.74, 6) is -0.963. The van der Waals surface area contributed by atoms with E-state index in [2.05, 4.69) is 27.7 Å². The van der Waals surface area contributed by atoms with Gasteiger partial charge in [0.05, 0.1) is 0 Å². The van der Waals surface area contributed by atoms with Crippen molar-refractivity contribution in [2.75, 3.05) is 13.1 Å². The minimum Gasteiger partial charge on any atom is -0.480 e. The Balaban J connectivity index is 0.000000511. The van der Waals surface area contributed by atoms with Gasteiger partial charge in [0.2, 0.25) is 0 Å². The second-order valence-electron chi connectivity index (χ2n) is 5.70. The zero-order valence-corrected chi connectivity index (χ0v) is 13.3. The van der Waals surface area contributed by atoms with Gasteiger partial charge >= 0.3 is 12.0 Å². The van der Waals surface area contributed by atoms with Crippen LogP contribution in [0.5, 0.6) is 0 Å². The SMILES string of the molecule is CC(C)N(C(=O)N1CCCC1)C(C)C.C[C@H](N)C(=O)O. The van der Waals surface area contributed by atoms with Gasteiger partial charge in [-0.25, -0.2) is 4.79 Å². The number of carboxylic acid groups (broad SMARTS) is 1. The highest BCUT2D eigenvalue weighted by atomic mass is 16.4. The Bertz CT molecular complexity index is 303. The van der Waals surface area contributed by atoms with Crippen molar-refractivity contribution in [3.8, 4) is 0 Å². The van der Waals surface area contributed by atoms with E-state index in [1.807, 2.05) is 9.80 Å². The van der Waals surface area contributed by atoms with Crippen LogP contribution in [0.15, 0.2) is 0 Å². The number of hydrogen-bond donors (Lipinski definition) is 2. The molecular formula is C14H29N3O3. The van der Waals surface area contributed by atoms with Crippen LogP contribution in [0.1, 0.15) is 47.5 Å². The number of rotatable bonds is 3. The molecule has 1 saturated heterocycles. The van der Waals surface area contributed by atoms with Gasteiger partial charge in [-0.1, -0.05) is 0 Å². The summed E-state index contributed by atoms with van der Waals surface area (Å²) in [5.41, 5.74) is 4.84. The van der Waals surface area contributed by atoms with Crippen LogP contribution < -0.4 is 5.73 Å². The van der Waals surface area contributed by atoms with Crippen molar-refractivity contribution in [2.24, 2.45) is 5.73 Å². The highest BCUT2D eigenvalue weighted by molar-refractivity contribution is 5.75. The first-order chi connectivity index (χ1) is 9.18. The average molecular weight is 287 g/mol. The second-order valence-corrected chi connectivity index (χ2v) is 5.70. The van der Waals surface area contributed by atoms with Crippen molar-refractivity contribution in [3.63, 3.8) is 0 Å². The molecule has 6 heteroatoms. The molecule has 0 aromatic heterocycles. The molecule has 3 N–H and O–H groups in total. The summed E-state index contributed by atoms with van der Waals surface area (Å²) >= 11 is 0. The first-order valence-electron chi connectivity index (χ1n) is 7.24. The molecular weight excluding hydrogens is 258 g/mol. The normalized spacial score (nSPS) is 15.9. The molecule has 1 fully saturated rings. The topological polar surface area (TPSA) is 86.9 Å². The van der Waals surface area contributed by atoms with E-state index in [0.717, 1.165) is 25.9 Å². The molecule has 6 nitrogen and oxygen atoms in total. The largest absolute Gasteiger partial charge is 0.480 e. The first-order valence-corrected chi connectivity index (χ1v) is 7.24. The van der Waals surface area contributed by atoms with Gasteiger partial charge in [-0.05, 0) is 47.5 Å². The lowest BCUT2D eigenvalue weighted by Crippen LogP contribution is -2.48. The molecule has 2 amide bonds. The third-order valence-electron chi connectivity index (χ3n) is 3.10. The van der Waals surface area contributed by atoms with Crippen LogP contribution in [-0.4, -0.2) is 58.1 Å². The predicted octanol–water partition coefficient (Wildman–Crippen LogP) is 1.74. The van der Waals surface area contributed by atoms with Gasteiger partial charge in [-0.15, -0.1) is 0 Å². The van der Waals surface area contributed by atoms with E-state index in [0.29, 0.717) is 12.1 Å². The molecule has 0 radical (unpaired) electrons. The number of carbonyl (C=O) groups excluding carboxylic acids is 1. The molecule has 20 heavy (non-hydrogen) atoms. The number of nitrogens with zero attached hydrogens (tertiary/aromatic N) is 2. The molecule has 1 aliphatic rings. The Hall–Kier alpha value is -1.30. The number of carboxylic acids is 1. The van der Waals surface area contributed by atoms with Gasteiger partial charge in [0.1, 0.15) is 6.04 Å². The lowest BCUT2D eigenvalue weighted by molar-refractivity contribution is -0.138. The Morgan fingerprint density at radius 1 is 1.05 bits per heavy atom. The minimum atomic E-state index is -0.963. The van der Waals surface area contributed by atoms with E-state index < -0.39 is 12.0 Å². The summed E-state index contributed by atoms with van der Waals surface area (Å²) in [7, 11) is 0. The molecule has 1 aliphatic heterocycles. The average Bonchev–Trinajstić information content (AvgIpc) is 2.81. The quantitative estimate of drug-likeness (QED) is 0.827. The molecule has 0 spiro atoms. The van der Waals surface area contributed by atoms with Crippen molar-refractivity contribution >= 4 is 12.0 Å². The predicted molar refractivity (Wildman–Crippen MR) is 79.6 cm³/mol. The number of amides is 2. The van der Waals surface area contributed by atoms with E-state index in [9.17, 15) is 9.59 Å². The van der Waals surface area contributed by atoms with Gasteiger partial charge in [0.25, 0.3) is 0 Å². The van der Waals surface area contributed by atoms with Gasteiger partial charge in [-0.3, -0.25) is 4.79 Å². The van der Waals surface area contributed by atoms with Crippen LogP contribution in [0.3, 0.4) is 0 Å². The maximum atomic E-state index is 12.1. The number of hydrogen-bond acceptors (Lipinski definition) is 3. The van der Waals surface area contributed by atoms with Gasteiger partial charge in [-0.2, -0.15) is 0 Å². The van der Waals surface area contributed by atoms with Crippen LogP contribution in [0, 0.1) is 0 Å². The molecule has 0 aliphatic carbocycles. The number of likely N-dealkylation sites (tertiary alicyclic amines) is 1. The molecule has 0 bridgehead atoms. The fourth-order valence-corrected chi connectivity index (χ4v) is 2.11. The maximum absolute atomic E-state index is 12.1. The monoisotopic (exact) mass is 287 g/mol. The highest BCUT2D eigenvalue weighted by Crippen LogP contribution is 2.14. The van der Waals surface area contributed by atoms with E-state index in [1.165, 1.54) is 6.92 Å². The highest BCUT2D eigenvalue weighted by Gasteiger charge is 2.26. The summed E-state index contributed by atoms with van der Waals surface area (Å²) in [6, 6.07) is 0.0729. The Kier molecular flexibility index (Phi) is 8.22. The summed E-state index contributed by atoms with van der Waals surface area (Å²) in [6.45, 7) is 11.6. The van der Waals surface area contributed by atoms with Gasteiger partial charge < -0.3 is 20.6 Å². The summed E-state index contributed by atoms with van der Waals surface area (Å²) < 4.78 is 0. The zero-order valence-electron chi connectivity index (χ0n) is 13.3. The van der Waals surface area contributed by atoms with Gasteiger partial charge in [0.15, 0.2) is 0 Å². The van der Waals surface area contributed by atoms with Crippen LogP contribution in [-0.2, 0) is 4.79 Å². The number of carbonyl (C=O) groups is 2. The third kappa shape index (κ3) is 6.23. The fourth-order valence-electron chi connectivity index (χ4n) is 2.11. The molecule has 1 atom stereocenters. The van der Waals surface area contributed by atoms with Crippen LogP contribution in [0.2, 0.25) is 0 Å². The molecule has 0 saturated carbocycles. The number of urea groups is 1. The lowest BCUT2D eigenvalue weighted by atomic mass is 10.2. The Labute approximate surface area is 121 Å². The molecule has 118 valence electrons. The molecule has 0 aromatic rings. The summed E-state index contributed by atoms with van der Waals surface area (Å²) in [5, 5.41) is 7.87. The van der Waals surface area contributed by atoms with Crippen LogP contribution in [0.25, 0.3) is 0 Å². The summed E-state index contributed by atoms with van der Waals surface area (Å²) in [6.07, 6.45) is 2.32. The Morgan fingerprint density at radius 3 is 1.65 bits per heavy atom. The third-order valence-corrected chi connectivity index (χ3v) is 3.10. The van der Waals surface area contributed by atoms with Crippen molar-refractivity contribution in [2.45, 2.75) is 65.6 Å². The molecule has 1 rings (SSSR count).